The van der Waals surface area contributed by atoms with Crippen LogP contribution in [0.3, 0.4) is 0 Å². The number of rotatable bonds is 3. The van der Waals surface area contributed by atoms with Gasteiger partial charge in [-0.05, 0) is 12.5 Å². The summed E-state index contributed by atoms with van der Waals surface area (Å²) in [5, 5.41) is 0.509. The van der Waals surface area contributed by atoms with Crippen molar-refractivity contribution >= 4 is 11.6 Å². The van der Waals surface area contributed by atoms with E-state index in [9.17, 15) is 0 Å². The zero-order valence-corrected chi connectivity index (χ0v) is 10.7. The highest BCUT2D eigenvalue weighted by Crippen LogP contribution is 2.42. The van der Waals surface area contributed by atoms with E-state index >= 15 is 0 Å². The number of hydrogen-bond acceptors (Lipinski definition) is 4. The molecule has 5 heteroatoms. The zero-order chi connectivity index (χ0) is 12.4. The van der Waals surface area contributed by atoms with Gasteiger partial charge in [0.1, 0.15) is 0 Å². The van der Waals surface area contributed by atoms with E-state index in [1.807, 2.05) is 12.1 Å². The summed E-state index contributed by atoms with van der Waals surface area (Å²) in [6.45, 7) is 0.663. The molecule has 94 valence electrons. The van der Waals surface area contributed by atoms with E-state index in [4.69, 9.17) is 31.5 Å². The SMILES string of the molecule is COc1ccc(C2OCCC2N)c(Cl)c1OC. The number of methoxy groups -OCH3 is 2. The molecule has 0 aromatic heterocycles. The Labute approximate surface area is 106 Å². The van der Waals surface area contributed by atoms with Gasteiger partial charge in [0.2, 0.25) is 0 Å². The van der Waals surface area contributed by atoms with Gasteiger partial charge in [0.25, 0.3) is 0 Å². The predicted molar refractivity (Wildman–Crippen MR) is 65.8 cm³/mol. The molecule has 1 heterocycles. The van der Waals surface area contributed by atoms with Crippen LogP contribution in [-0.2, 0) is 4.74 Å². The molecule has 1 aromatic carbocycles. The number of halogens is 1. The minimum Gasteiger partial charge on any atom is -0.493 e. The third-order valence-corrected chi connectivity index (χ3v) is 3.35. The lowest BCUT2D eigenvalue weighted by atomic mass is 10.0. The first kappa shape index (κ1) is 12.5. The molecule has 0 amide bonds. The first-order valence-corrected chi connectivity index (χ1v) is 5.84. The number of nitrogens with two attached hydrogens (primary N) is 1. The second-order valence-electron chi connectivity index (χ2n) is 3.95. The van der Waals surface area contributed by atoms with Gasteiger partial charge in [0.05, 0.1) is 25.3 Å². The normalized spacial score (nSPS) is 23.8. The fourth-order valence-electron chi connectivity index (χ4n) is 2.05. The number of benzene rings is 1. The summed E-state index contributed by atoms with van der Waals surface area (Å²) in [5.74, 6) is 1.13. The van der Waals surface area contributed by atoms with Gasteiger partial charge in [0, 0.05) is 18.2 Å². The average Bonchev–Trinajstić information content (AvgIpc) is 2.75. The molecular formula is C12H16ClNO3. The van der Waals surface area contributed by atoms with Crippen LogP contribution in [0.4, 0.5) is 0 Å². The van der Waals surface area contributed by atoms with E-state index < -0.39 is 0 Å². The van der Waals surface area contributed by atoms with Crippen LogP contribution in [0.2, 0.25) is 5.02 Å². The molecule has 0 bridgehead atoms. The molecular weight excluding hydrogens is 242 g/mol. The zero-order valence-electron chi connectivity index (χ0n) is 9.90. The first-order valence-electron chi connectivity index (χ1n) is 5.46. The van der Waals surface area contributed by atoms with Crippen molar-refractivity contribution in [2.45, 2.75) is 18.6 Å². The van der Waals surface area contributed by atoms with Crippen molar-refractivity contribution in [2.24, 2.45) is 5.73 Å². The molecule has 4 nitrogen and oxygen atoms in total. The van der Waals surface area contributed by atoms with E-state index in [2.05, 4.69) is 0 Å². The largest absolute Gasteiger partial charge is 0.493 e. The minimum atomic E-state index is -0.165. The monoisotopic (exact) mass is 257 g/mol. The van der Waals surface area contributed by atoms with Crippen molar-refractivity contribution < 1.29 is 14.2 Å². The van der Waals surface area contributed by atoms with Crippen LogP contribution in [-0.4, -0.2) is 26.9 Å². The smallest absolute Gasteiger partial charge is 0.179 e. The average molecular weight is 258 g/mol. The van der Waals surface area contributed by atoms with Crippen LogP contribution < -0.4 is 15.2 Å². The van der Waals surface area contributed by atoms with Crippen molar-refractivity contribution in [2.75, 3.05) is 20.8 Å². The minimum absolute atomic E-state index is 0.0226. The standard InChI is InChI=1S/C12H16ClNO3/c1-15-9-4-3-7(10(13)12(9)16-2)11-8(14)5-6-17-11/h3-4,8,11H,5-6,14H2,1-2H3. The maximum Gasteiger partial charge on any atom is 0.179 e. The molecule has 1 saturated heterocycles. The molecule has 2 rings (SSSR count). The molecule has 1 aliphatic heterocycles. The summed E-state index contributed by atoms with van der Waals surface area (Å²) in [6.07, 6.45) is 0.678. The Bertz CT molecular complexity index is 411. The van der Waals surface area contributed by atoms with Gasteiger partial charge in [-0.3, -0.25) is 0 Å². The molecule has 0 aliphatic carbocycles. The molecule has 1 fully saturated rings. The van der Waals surface area contributed by atoms with Gasteiger partial charge in [-0.15, -0.1) is 0 Å². The Morgan fingerprint density at radius 2 is 2.12 bits per heavy atom. The summed E-state index contributed by atoms with van der Waals surface area (Å²) in [4.78, 5) is 0. The Morgan fingerprint density at radius 3 is 2.65 bits per heavy atom. The molecule has 0 saturated carbocycles. The summed E-state index contributed by atoms with van der Waals surface area (Å²) in [6, 6.07) is 3.67. The van der Waals surface area contributed by atoms with E-state index in [1.54, 1.807) is 14.2 Å². The lowest BCUT2D eigenvalue weighted by Crippen LogP contribution is -2.23. The molecule has 0 radical (unpaired) electrons. The first-order chi connectivity index (χ1) is 8.19. The predicted octanol–water partition coefficient (Wildman–Crippen LogP) is 2.15. The maximum absolute atomic E-state index is 6.30. The Hall–Kier alpha value is -0.970. The van der Waals surface area contributed by atoms with Crippen molar-refractivity contribution in [1.29, 1.82) is 0 Å². The van der Waals surface area contributed by atoms with E-state index in [0.29, 0.717) is 23.1 Å². The third kappa shape index (κ3) is 2.20. The third-order valence-electron chi connectivity index (χ3n) is 2.96. The van der Waals surface area contributed by atoms with Gasteiger partial charge in [-0.2, -0.15) is 0 Å². The lowest BCUT2D eigenvalue weighted by Gasteiger charge is -2.19. The quantitative estimate of drug-likeness (QED) is 0.902. The molecule has 17 heavy (non-hydrogen) atoms. The number of hydrogen-bond donors (Lipinski definition) is 1. The van der Waals surface area contributed by atoms with Crippen molar-refractivity contribution in [3.05, 3.63) is 22.7 Å². The summed E-state index contributed by atoms with van der Waals surface area (Å²) in [7, 11) is 3.13. The van der Waals surface area contributed by atoms with Crippen molar-refractivity contribution in [3.63, 3.8) is 0 Å². The van der Waals surface area contributed by atoms with Crippen LogP contribution in [0.1, 0.15) is 18.1 Å². The van der Waals surface area contributed by atoms with Crippen LogP contribution in [0, 0.1) is 0 Å². The number of ether oxygens (including phenoxy) is 3. The van der Waals surface area contributed by atoms with Crippen LogP contribution in [0.15, 0.2) is 12.1 Å². The fourth-order valence-corrected chi connectivity index (χ4v) is 2.39. The van der Waals surface area contributed by atoms with Gasteiger partial charge < -0.3 is 19.9 Å². The Balaban J connectivity index is 2.41. The lowest BCUT2D eigenvalue weighted by molar-refractivity contribution is 0.105. The maximum atomic E-state index is 6.30. The van der Waals surface area contributed by atoms with Gasteiger partial charge in [-0.25, -0.2) is 0 Å². The summed E-state index contributed by atoms with van der Waals surface area (Å²) in [5.41, 5.74) is 6.84. The highest BCUT2D eigenvalue weighted by Gasteiger charge is 2.30. The second kappa shape index (κ2) is 5.12. The van der Waals surface area contributed by atoms with E-state index in [1.165, 1.54) is 0 Å². The van der Waals surface area contributed by atoms with Crippen LogP contribution >= 0.6 is 11.6 Å². The van der Waals surface area contributed by atoms with E-state index in [-0.39, 0.29) is 12.1 Å². The van der Waals surface area contributed by atoms with Gasteiger partial charge in [-0.1, -0.05) is 17.7 Å². The highest BCUT2D eigenvalue weighted by molar-refractivity contribution is 6.33. The highest BCUT2D eigenvalue weighted by atomic mass is 35.5. The summed E-state index contributed by atoms with van der Waals surface area (Å²) < 4.78 is 16.0. The second-order valence-corrected chi connectivity index (χ2v) is 4.33. The van der Waals surface area contributed by atoms with Crippen LogP contribution in [0.25, 0.3) is 0 Å². The Kier molecular flexibility index (Phi) is 3.76. The topological polar surface area (TPSA) is 53.7 Å². The van der Waals surface area contributed by atoms with Gasteiger partial charge in [0.15, 0.2) is 11.5 Å². The molecule has 2 N–H and O–H groups in total. The molecule has 2 atom stereocenters. The van der Waals surface area contributed by atoms with Crippen molar-refractivity contribution in [1.82, 2.24) is 0 Å². The molecule has 0 spiro atoms. The molecule has 1 aliphatic rings. The molecule has 2 unspecified atom stereocenters. The van der Waals surface area contributed by atoms with E-state index in [0.717, 1.165) is 12.0 Å². The van der Waals surface area contributed by atoms with Crippen LogP contribution in [0.5, 0.6) is 11.5 Å². The summed E-state index contributed by atoms with van der Waals surface area (Å²) >= 11 is 6.30. The fraction of sp³-hybridized carbons (Fsp3) is 0.500. The molecule has 1 aromatic rings. The van der Waals surface area contributed by atoms with Crippen molar-refractivity contribution in [3.8, 4) is 11.5 Å². The van der Waals surface area contributed by atoms with Gasteiger partial charge >= 0.3 is 0 Å². The Morgan fingerprint density at radius 1 is 1.35 bits per heavy atom.